The van der Waals surface area contributed by atoms with Crippen LogP contribution >= 0.6 is 0 Å². The molecule has 0 amide bonds. The minimum Gasteiger partial charge on any atom is -0.456 e. The van der Waals surface area contributed by atoms with Crippen LogP contribution in [0.5, 0.6) is 0 Å². The van der Waals surface area contributed by atoms with Gasteiger partial charge in [0.25, 0.3) is 0 Å². The van der Waals surface area contributed by atoms with E-state index >= 15 is 0 Å². The molecule has 10 aromatic rings. The lowest BCUT2D eigenvalue weighted by Crippen LogP contribution is -2.17. The maximum absolute atomic E-state index is 6.19. The van der Waals surface area contributed by atoms with Crippen molar-refractivity contribution >= 4 is 66.4 Å². The number of furan rings is 1. The van der Waals surface area contributed by atoms with Gasteiger partial charge in [-0.1, -0.05) is 172 Å². The molecule has 1 heterocycles. The lowest BCUT2D eigenvalue weighted by Gasteiger charge is -2.28. The molecular formula is C56H38O. The van der Waals surface area contributed by atoms with E-state index in [-0.39, 0.29) is 5.41 Å². The molecule has 0 saturated carbocycles. The Kier molecular flexibility index (Phi) is 6.81. The first-order chi connectivity index (χ1) is 28.1. The van der Waals surface area contributed by atoms with Crippen molar-refractivity contribution in [3.05, 3.63) is 192 Å². The first kappa shape index (κ1) is 32.3. The molecule has 9 aromatic carbocycles. The second kappa shape index (κ2) is 12.0. The highest BCUT2D eigenvalue weighted by Crippen LogP contribution is 2.58. The van der Waals surface area contributed by atoms with Crippen molar-refractivity contribution in [3.63, 3.8) is 0 Å². The third-order valence-corrected chi connectivity index (χ3v) is 12.8. The Bertz CT molecular complexity index is 3400. The third-order valence-electron chi connectivity index (χ3n) is 12.8. The van der Waals surface area contributed by atoms with Crippen molar-refractivity contribution in [2.45, 2.75) is 25.7 Å². The van der Waals surface area contributed by atoms with Gasteiger partial charge in [0.15, 0.2) is 0 Å². The van der Waals surface area contributed by atoms with E-state index in [1.54, 1.807) is 0 Å². The second-order valence-electron chi connectivity index (χ2n) is 16.2. The molecule has 0 atom stereocenters. The van der Waals surface area contributed by atoms with Crippen molar-refractivity contribution in [1.29, 1.82) is 0 Å². The van der Waals surface area contributed by atoms with Gasteiger partial charge >= 0.3 is 0 Å². The normalized spacial score (nSPS) is 14.1. The highest BCUT2D eigenvalue weighted by Gasteiger charge is 2.41. The fourth-order valence-corrected chi connectivity index (χ4v) is 10.5. The summed E-state index contributed by atoms with van der Waals surface area (Å²) in [5.74, 6) is 0. The van der Waals surface area contributed by atoms with Crippen molar-refractivity contribution < 1.29 is 4.42 Å². The van der Waals surface area contributed by atoms with Gasteiger partial charge < -0.3 is 4.42 Å². The number of fused-ring (bicyclic) bond motifs is 13. The van der Waals surface area contributed by atoms with Gasteiger partial charge in [-0.3, -0.25) is 0 Å². The van der Waals surface area contributed by atoms with Gasteiger partial charge in [-0.2, -0.15) is 0 Å². The van der Waals surface area contributed by atoms with Gasteiger partial charge in [-0.05, 0) is 130 Å². The summed E-state index contributed by atoms with van der Waals surface area (Å²) in [6, 6.07) is 58.2. The summed E-state index contributed by atoms with van der Waals surface area (Å²) in [7, 11) is 0. The van der Waals surface area contributed by atoms with Crippen LogP contribution in [0.25, 0.3) is 111 Å². The fourth-order valence-electron chi connectivity index (χ4n) is 10.5. The van der Waals surface area contributed by atoms with E-state index < -0.39 is 0 Å². The number of hydrogen-bond acceptors (Lipinski definition) is 1. The van der Waals surface area contributed by atoms with Gasteiger partial charge in [0.1, 0.15) is 11.2 Å². The largest absolute Gasteiger partial charge is 0.456 e. The van der Waals surface area contributed by atoms with E-state index in [1.807, 2.05) is 12.1 Å². The Labute approximate surface area is 331 Å². The molecule has 0 unspecified atom stereocenters. The molecule has 1 aromatic heterocycles. The van der Waals surface area contributed by atoms with Crippen LogP contribution in [0, 0.1) is 0 Å². The van der Waals surface area contributed by atoms with E-state index in [0.717, 1.165) is 28.4 Å². The lowest BCUT2D eigenvalue weighted by atomic mass is 9.75. The summed E-state index contributed by atoms with van der Waals surface area (Å²) >= 11 is 0. The summed E-state index contributed by atoms with van der Waals surface area (Å²) < 4.78 is 6.19. The zero-order valence-electron chi connectivity index (χ0n) is 31.9. The molecule has 1 nitrogen and oxygen atoms in total. The first-order valence-electron chi connectivity index (χ1n) is 20.1. The molecule has 57 heavy (non-hydrogen) atoms. The average molecular weight is 727 g/mol. The van der Waals surface area contributed by atoms with Crippen molar-refractivity contribution in [2.75, 3.05) is 0 Å². The molecule has 1 heteroatoms. The predicted octanol–water partition coefficient (Wildman–Crippen LogP) is 15.8. The maximum Gasteiger partial charge on any atom is 0.135 e. The smallest absolute Gasteiger partial charge is 0.135 e. The minimum atomic E-state index is -0.239. The van der Waals surface area contributed by atoms with Crippen LogP contribution in [0.1, 0.15) is 42.5 Å². The lowest BCUT2D eigenvalue weighted by molar-refractivity contribution is 0.668. The van der Waals surface area contributed by atoms with E-state index in [0.29, 0.717) is 0 Å². The number of rotatable bonds is 3. The zero-order chi connectivity index (χ0) is 37.8. The molecule has 0 radical (unpaired) electrons. The third kappa shape index (κ3) is 4.57. The molecule has 268 valence electrons. The monoisotopic (exact) mass is 726 g/mol. The molecular weight excluding hydrogens is 689 g/mol. The van der Waals surface area contributed by atoms with Crippen molar-refractivity contribution in [3.8, 4) is 44.5 Å². The molecule has 0 N–H and O–H groups in total. The SMILES string of the molecule is CC1(C)c2c(-c3c4c(c(-c5cccc(-c6ccc7oc8ccccc8c7c6)c5)c5ccccc35)C=CCC=C4)cccc2-c2c1c1ccccc1c1ccccc21. The van der Waals surface area contributed by atoms with E-state index in [2.05, 4.69) is 184 Å². The van der Waals surface area contributed by atoms with Gasteiger partial charge in [0.05, 0.1) is 0 Å². The van der Waals surface area contributed by atoms with Gasteiger partial charge in [0.2, 0.25) is 0 Å². The Morgan fingerprint density at radius 1 is 0.386 bits per heavy atom. The highest BCUT2D eigenvalue weighted by atomic mass is 16.3. The fraction of sp³-hybridized carbons (Fsp3) is 0.0714. The molecule has 12 rings (SSSR count). The minimum absolute atomic E-state index is 0.239. The quantitative estimate of drug-likeness (QED) is 0.165. The molecule has 0 bridgehead atoms. The van der Waals surface area contributed by atoms with E-state index in [4.69, 9.17) is 4.42 Å². The summed E-state index contributed by atoms with van der Waals surface area (Å²) in [5, 5.41) is 10.2. The standard InChI is InChI=1S/C56H38O/c1-56(2)54-46(27-15-28-47(54)53-40-23-8-6-18-37(40)38-19-7-11-26-45(38)55(53)56)52-43-22-5-3-4-21-41(43)51(42-24-9-10-25-44(42)52)36-17-14-16-34(32-36)35-30-31-50-48(33-35)39-20-12-13-29-49(39)57-50/h4-33H,3H2,1-2H3. The number of benzene rings is 9. The van der Waals surface area contributed by atoms with E-state index in [1.165, 1.54) is 99.1 Å². The number of para-hydroxylation sites is 1. The van der Waals surface area contributed by atoms with Crippen LogP contribution in [0.4, 0.5) is 0 Å². The van der Waals surface area contributed by atoms with Crippen molar-refractivity contribution in [1.82, 2.24) is 0 Å². The van der Waals surface area contributed by atoms with Crippen molar-refractivity contribution in [2.24, 2.45) is 0 Å². The zero-order valence-corrected chi connectivity index (χ0v) is 31.9. The Hall–Kier alpha value is -6.96. The number of hydrogen-bond donors (Lipinski definition) is 0. The predicted molar refractivity (Wildman–Crippen MR) is 243 cm³/mol. The maximum atomic E-state index is 6.19. The molecule has 2 aliphatic carbocycles. The first-order valence-corrected chi connectivity index (χ1v) is 20.1. The van der Waals surface area contributed by atoms with E-state index in [9.17, 15) is 0 Å². The van der Waals surface area contributed by atoms with Crippen LogP contribution in [0.15, 0.2) is 174 Å². The Morgan fingerprint density at radius 3 is 1.67 bits per heavy atom. The Morgan fingerprint density at radius 2 is 0.912 bits per heavy atom. The molecule has 2 aliphatic rings. The number of allylic oxidation sites excluding steroid dienone is 2. The molecule has 0 aliphatic heterocycles. The van der Waals surface area contributed by atoms with Crippen LogP contribution in [-0.2, 0) is 5.41 Å². The molecule has 0 fully saturated rings. The van der Waals surface area contributed by atoms with Crippen LogP contribution in [0.2, 0.25) is 0 Å². The highest BCUT2D eigenvalue weighted by molar-refractivity contribution is 6.20. The summed E-state index contributed by atoms with van der Waals surface area (Å²) in [6.07, 6.45) is 10.3. The molecule has 0 spiro atoms. The Balaban J connectivity index is 1.12. The topological polar surface area (TPSA) is 13.1 Å². The van der Waals surface area contributed by atoms with Crippen LogP contribution < -0.4 is 0 Å². The van der Waals surface area contributed by atoms with Crippen LogP contribution in [0.3, 0.4) is 0 Å². The summed E-state index contributed by atoms with van der Waals surface area (Å²) in [5.41, 5.74) is 17.2. The van der Waals surface area contributed by atoms with Gasteiger partial charge in [-0.25, -0.2) is 0 Å². The summed E-state index contributed by atoms with van der Waals surface area (Å²) in [4.78, 5) is 0. The average Bonchev–Trinajstić information content (AvgIpc) is 3.62. The van der Waals surface area contributed by atoms with Crippen LogP contribution in [-0.4, -0.2) is 0 Å². The second-order valence-corrected chi connectivity index (χ2v) is 16.2. The summed E-state index contributed by atoms with van der Waals surface area (Å²) in [6.45, 7) is 4.89. The van der Waals surface area contributed by atoms with Gasteiger partial charge in [-0.15, -0.1) is 0 Å². The van der Waals surface area contributed by atoms with Gasteiger partial charge in [0, 0.05) is 16.2 Å². The molecule has 0 saturated heterocycles.